The highest BCUT2D eigenvalue weighted by Gasteiger charge is 2.50. The van der Waals surface area contributed by atoms with Crippen LogP contribution in [0.25, 0.3) is 0 Å². The van der Waals surface area contributed by atoms with E-state index in [1.54, 1.807) is 0 Å². The van der Waals surface area contributed by atoms with Gasteiger partial charge in [-0.25, -0.2) is 4.79 Å². The van der Waals surface area contributed by atoms with Crippen LogP contribution < -0.4 is 0 Å². The molecule has 0 aliphatic carbocycles. The van der Waals surface area contributed by atoms with Gasteiger partial charge in [0, 0.05) is 13.0 Å². The van der Waals surface area contributed by atoms with Gasteiger partial charge in [-0.1, -0.05) is 6.92 Å². The van der Waals surface area contributed by atoms with Gasteiger partial charge in [0.05, 0.1) is 12.7 Å². The van der Waals surface area contributed by atoms with Crippen LogP contribution in [0.4, 0.5) is 0 Å². The van der Waals surface area contributed by atoms with Crippen LogP contribution in [0.2, 0.25) is 0 Å². The van der Waals surface area contributed by atoms with Crippen LogP contribution in [0.15, 0.2) is 0 Å². The molecule has 0 saturated carbocycles. The monoisotopic (exact) mass is 246 g/mol. The molecule has 0 amide bonds. The molecule has 0 aromatic rings. The van der Waals surface area contributed by atoms with Gasteiger partial charge in [-0.15, -0.1) is 0 Å². The quantitative estimate of drug-likeness (QED) is 0.688. The van der Waals surface area contributed by atoms with E-state index in [1.807, 2.05) is 6.92 Å². The van der Waals surface area contributed by atoms with E-state index in [-0.39, 0.29) is 31.3 Å². The Labute approximate surface area is 99.8 Å². The highest BCUT2D eigenvalue weighted by molar-refractivity contribution is 5.71. The molecule has 1 N–H and O–H groups in total. The van der Waals surface area contributed by atoms with E-state index < -0.39 is 18.4 Å². The zero-order valence-corrected chi connectivity index (χ0v) is 10.00. The Morgan fingerprint density at radius 2 is 2.24 bits per heavy atom. The van der Waals surface area contributed by atoms with Crippen LogP contribution in [-0.4, -0.2) is 56.0 Å². The summed E-state index contributed by atoms with van der Waals surface area (Å²) < 4.78 is 21.5. The standard InChI is InChI=1S/C11H18O6/c1-3-6-7(4-12)16-11(14-2)10-9(6)15-5-8(13)17-10/h6-7,9-12H,3-5H2,1-2H3/t6-,7?,9?,10?,11-/m1/s1. The van der Waals surface area contributed by atoms with E-state index in [4.69, 9.17) is 18.9 Å². The maximum atomic E-state index is 11.2. The lowest BCUT2D eigenvalue weighted by Gasteiger charge is -2.46. The predicted molar refractivity (Wildman–Crippen MR) is 56.2 cm³/mol. The van der Waals surface area contributed by atoms with Crippen molar-refractivity contribution in [1.82, 2.24) is 0 Å². The summed E-state index contributed by atoms with van der Waals surface area (Å²) in [6, 6.07) is 0. The van der Waals surface area contributed by atoms with Gasteiger partial charge in [0.1, 0.15) is 12.7 Å². The second-order valence-electron chi connectivity index (χ2n) is 4.26. The van der Waals surface area contributed by atoms with Crippen molar-refractivity contribution in [3.8, 4) is 0 Å². The molecule has 0 radical (unpaired) electrons. The van der Waals surface area contributed by atoms with Gasteiger partial charge >= 0.3 is 5.97 Å². The fraction of sp³-hybridized carbons (Fsp3) is 0.909. The van der Waals surface area contributed by atoms with Crippen molar-refractivity contribution in [2.75, 3.05) is 20.3 Å². The number of methoxy groups -OCH3 is 1. The third kappa shape index (κ3) is 2.30. The summed E-state index contributed by atoms with van der Waals surface area (Å²) >= 11 is 0. The van der Waals surface area contributed by atoms with Gasteiger partial charge < -0.3 is 24.1 Å². The lowest BCUT2D eigenvalue weighted by Crippen LogP contribution is -2.60. The van der Waals surface area contributed by atoms with E-state index in [1.165, 1.54) is 7.11 Å². The minimum absolute atomic E-state index is 0.00417. The van der Waals surface area contributed by atoms with E-state index in [9.17, 15) is 9.90 Å². The molecule has 0 bridgehead atoms. The van der Waals surface area contributed by atoms with Crippen molar-refractivity contribution >= 4 is 5.97 Å². The van der Waals surface area contributed by atoms with Crippen LogP contribution in [0.1, 0.15) is 13.3 Å². The Hall–Kier alpha value is -0.690. The zero-order valence-electron chi connectivity index (χ0n) is 10.00. The summed E-state index contributed by atoms with van der Waals surface area (Å²) in [6.45, 7) is 1.84. The van der Waals surface area contributed by atoms with E-state index in [0.717, 1.165) is 6.42 Å². The van der Waals surface area contributed by atoms with E-state index in [0.29, 0.717) is 0 Å². The molecule has 98 valence electrons. The van der Waals surface area contributed by atoms with Crippen LogP contribution >= 0.6 is 0 Å². The number of carbonyl (C=O) groups excluding carboxylic acids is 1. The number of aliphatic hydroxyl groups excluding tert-OH is 1. The van der Waals surface area contributed by atoms with E-state index >= 15 is 0 Å². The molecular weight excluding hydrogens is 228 g/mol. The minimum Gasteiger partial charge on any atom is -0.452 e. The molecule has 0 spiro atoms. The number of hydrogen-bond donors (Lipinski definition) is 1. The molecule has 6 heteroatoms. The summed E-state index contributed by atoms with van der Waals surface area (Å²) in [6.07, 6.45) is -1.06. The van der Waals surface area contributed by atoms with Gasteiger partial charge in [0.15, 0.2) is 12.4 Å². The van der Waals surface area contributed by atoms with Gasteiger partial charge in [0.2, 0.25) is 0 Å². The first-order valence-corrected chi connectivity index (χ1v) is 5.81. The fourth-order valence-corrected chi connectivity index (χ4v) is 2.52. The Bertz CT molecular complexity index is 281. The maximum Gasteiger partial charge on any atom is 0.332 e. The van der Waals surface area contributed by atoms with Crippen LogP contribution in [0, 0.1) is 5.92 Å². The molecule has 17 heavy (non-hydrogen) atoms. The van der Waals surface area contributed by atoms with Crippen LogP contribution in [-0.2, 0) is 23.7 Å². The minimum atomic E-state index is -0.677. The number of fused-ring (bicyclic) bond motifs is 1. The number of rotatable bonds is 3. The number of esters is 1. The van der Waals surface area contributed by atoms with Gasteiger partial charge in [-0.05, 0) is 6.42 Å². The summed E-state index contributed by atoms with van der Waals surface area (Å²) in [4.78, 5) is 11.2. The van der Waals surface area contributed by atoms with Crippen molar-refractivity contribution in [3.05, 3.63) is 0 Å². The highest BCUT2D eigenvalue weighted by atomic mass is 16.7. The molecule has 2 rings (SSSR count). The second kappa shape index (κ2) is 5.30. The smallest absolute Gasteiger partial charge is 0.332 e. The van der Waals surface area contributed by atoms with Crippen molar-refractivity contribution in [2.45, 2.75) is 37.9 Å². The summed E-state index contributed by atoms with van der Waals surface area (Å²) in [5.74, 6) is -0.404. The topological polar surface area (TPSA) is 74.2 Å². The molecule has 2 fully saturated rings. The summed E-state index contributed by atoms with van der Waals surface area (Å²) in [5.41, 5.74) is 0. The Kier molecular flexibility index (Phi) is 3.98. The zero-order chi connectivity index (χ0) is 12.4. The van der Waals surface area contributed by atoms with Crippen molar-refractivity contribution in [1.29, 1.82) is 0 Å². The average molecular weight is 246 g/mol. The molecule has 6 nitrogen and oxygen atoms in total. The van der Waals surface area contributed by atoms with Crippen molar-refractivity contribution in [2.24, 2.45) is 5.92 Å². The van der Waals surface area contributed by atoms with Gasteiger partial charge in [-0.3, -0.25) is 0 Å². The Balaban J connectivity index is 2.18. The molecule has 2 aliphatic heterocycles. The maximum absolute atomic E-state index is 11.2. The molecule has 0 aromatic carbocycles. The third-order valence-corrected chi connectivity index (χ3v) is 3.35. The van der Waals surface area contributed by atoms with Gasteiger partial charge in [-0.2, -0.15) is 0 Å². The average Bonchev–Trinajstić information content (AvgIpc) is 2.36. The molecule has 2 aliphatic rings. The molecule has 0 aromatic heterocycles. The molecule has 3 unspecified atom stereocenters. The first-order valence-electron chi connectivity index (χ1n) is 5.81. The number of carbonyl (C=O) groups is 1. The summed E-state index contributed by atoms with van der Waals surface area (Å²) in [5, 5.41) is 9.30. The normalized spacial score (nSPS) is 41.8. The summed E-state index contributed by atoms with van der Waals surface area (Å²) in [7, 11) is 1.48. The Morgan fingerprint density at radius 3 is 2.82 bits per heavy atom. The molecule has 5 atom stereocenters. The predicted octanol–water partition coefficient (Wildman–Crippen LogP) is -0.313. The molecule has 2 saturated heterocycles. The first kappa shape index (κ1) is 12.8. The highest BCUT2D eigenvalue weighted by Crippen LogP contribution is 2.34. The number of ether oxygens (including phenoxy) is 4. The van der Waals surface area contributed by atoms with E-state index in [2.05, 4.69) is 0 Å². The first-order chi connectivity index (χ1) is 8.21. The fourth-order valence-electron chi connectivity index (χ4n) is 2.52. The number of hydrogen-bond acceptors (Lipinski definition) is 6. The Morgan fingerprint density at radius 1 is 1.47 bits per heavy atom. The molecular formula is C11H18O6. The second-order valence-corrected chi connectivity index (χ2v) is 4.26. The van der Waals surface area contributed by atoms with Crippen LogP contribution in [0.5, 0.6) is 0 Å². The van der Waals surface area contributed by atoms with Crippen molar-refractivity contribution in [3.63, 3.8) is 0 Å². The van der Waals surface area contributed by atoms with Gasteiger partial charge in [0.25, 0.3) is 0 Å². The number of aliphatic hydroxyl groups is 1. The SMILES string of the molecule is CC[C@@H]1C(CO)O[C@@H](OC)C2OC(=O)COC21. The third-order valence-electron chi connectivity index (χ3n) is 3.35. The molecule has 2 heterocycles. The van der Waals surface area contributed by atoms with Crippen LogP contribution in [0.3, 0.4) is 0 Å². The largest absolute Gasteiger partial charge is 0.452 e. The van der Waals surface area contributed by atoms with Crippen molar-refractivity contribution < 1.29 is 28.8 Å². The lowest BCUT2D eigenvalue weighted by atomic mass is 9.86. The lowest BCUT2D eigenvalue weighted by molar-refractivity contribution is -0.307.